The maximum absolute atomic E-state index is 14.1. The molecular weight excluding hydrogens is 591 g/mol. The molecule has 1 amide bonds. The number of benzene rings is 1. The van der Waals surface area contributed by atoms with E-state index < -0.39 is 74.4 Å². The third-order valence-electron chi connectivity index (χ3n) is 5.79. The molecule has 240 valence electrons. The molecule has 3 N–H and O–H groups in total. The van der Waals surface area contributed by atoms with Crippen molar-refractivity contribution in [2.24, 2.45) is 0 Å². The van der Waals surface area contributed by atoms with Crippen LogP contribution < -0.4 is 10.1 Å². The molecule has 2 rings (SSSR count). The second-order valence-electron chi connectivity index (χ2n) is 12.0. The first kappa shape index (κ1) is 35.8. The summed E-state index contributed by atoms with van der Waals surface area (Å²) >= 11 is 0. The van der Waals surface area contributed by atoms with Gasteiger partial charge in [-0.2, -0.15) is 13.2 Å². The number of amides is 1. The Hall–Kier alpha value is -3.39. The van der Waals surface area contributed by atoms with Crippen molar-refractivity contribution in [1.29, 1.82) is 4.78 Å². The van der Waals surface area contributed by atoms with Crippen LogP contribution in [-0.2, 0) is 36.2 Å². The molecule has 0 aliphatic carbocycles. The molecule has 0 saturated heterocycles. The zero-order chi connectivity index (χ0) is 32.7. The second kappa shape index (κ2) is 13.9. The van der Waals surface area contributed by atoms with Gasteiger partial charge in [0.25, 0.3) is 0 Å². The van der Waals surface area contributed by atoms with Crippen molar-refractivity contribution >= 4 is 21.8 Å². The summed E-state index contributed by atoms with van der Waals surface area (Å²) in [5, 5.41) is 13.0. The highest BCUT2D eigenvalue weighted by molar-refractivity contribution is 7.92. The standard InChI is InChI=1S/C29H40F3N3O7S/c1-26(2,3)41-24(36)22(35-25(37)42-27(4,5)6)14-16-43(33,39)17-15-28(38,29(30,31)32)23-13-12-21(18-34-23)40-19-20-10-8-7-9-11-20/h7-13,18,22,33,38H,14-17,19H2,1-6H3,(H,35,37)/t22-,28?,43?/m0/s1. The van der Waals surface area contributed by atoms with Crippen molar-refractivity contribution in [3.8, 4) is 5.75 Å². The van der Waals surface area contributed by atoms with Gasteiger partial charge in [0.15, 0.2) is 0 Å². The maximum Gasteiger partial charge on any atom is 0.423 e. The van der Waals surface area contributed by atoms with Crippen LogP contribution in [0.2, 0.25) is 0 Å². The van der Waals surface area contributed by atoms with E-state index in [2.05, 4.69) is 10.3 Å². The Labute approximate surface area is 250 Å². The first-order valence-electron chi connectivity index (χ1n) is 13.5. The highest BCUT2D eigenvalue weighted by Gasteiger charge is 2.56. The summed E-state index contributed by atoms with van der Waals surface area (Å²) in [6, 6.07) is 9.88. The number of carbonyl (C=O) groups is 2. The number of rotatable bonds is 12. The molecule has 0 saturated carbocycles. The summed E-state index contributed by atoms with van der Waals surface area (Å²) in [4.78, 5) is 28.8. The molecule has 43 heavy (non-hydrogen) atoms. The second-order valence-corrected chi connectivity index (χ2v) is 14.4. The molecule has 0 aliphatic rings. The van der Waals surface area contributed by atoms with Crippen LogP contribution in [0.4, 0.5) is 18.0 Å². The molecular formula is C29H40F3N3O7S. The number of hydrogen-bond acceptors (Lipinski definition) is 9. The predicted octanol–water partition coefficient (Wildman–Crippen LogP) is 5.47. The summed E-state index contributed by atoms with van der Waals surface area (Å²) in [5.41, 5.74) is -5.26. The lowest BCUT2D eigenvalue weighted by atomic mass is 9.95. The summed E-state index contributed by atoms with van der Waals surface area (Å²) in [6.45, 7) is 9.75. The van der Waals surface area contributed by atoms with Crippen LogP contribution in [0.5, 0.6) is 5.75 Å². The van der Waals surface area contributed by atoms with Crippen molar-refractivity contribution < 1.29 is 46.3 Å². The zero-order valence-electron chi connectivity index (χ0n) is 25.1. The molecule has 0 aliphatic heterocycles. The lowest BCUT2D eigenvalue weighted by Gasteiger charge is -2.30. The van der Waals surface area contributed by atoms with Crippen LogP contribution in [0.1, 0.15) is 65.6 Å². The minimum Gasteiger partial charge on any atom is -0.487 e. The third kappa shape index (κ3) is 12.0. The fourth-order valence-electron chi connectivity index (χ4n) is 3.66. The van der Waals surface area contributed by atoms with Crippen LogP contribution in [-0.4, -0.2) is 61.3 Å². The lowest BCUT2D eigenvalue weighted by molar-refractivity contribution is -0.268. The largest absolute Gasteiger partial charge is 0.487 e. The molecule has 1 aromatic heterocycles. The Balaban J connectivity index is 2.14. The molecule has 1 heterocycles. The Bertz CT molecular complexity index is 1320. The number of aliphatic hydroxyl groups is 1. The van der Waals surface area contributed by atoms with Gasteiger partial charge in [-0.05, 0) is 65.7 Å². The minimum atomic E-state index is -5.21. The molecule has 2 aromatic rings. The number of esters is 1. The van der Waals surface area contributed by atoms with E-state index in [0.29, 0.717) is 0 Å². The van der Waals surface area contributed by atoms with Crippen LogP contribution in [0, 0.1) is 4.78 Å². The van der Waals surface area contributed by atoms with Gasteiger partial charge >= 0.3 is 18.2 Å². The monoisotopic (exact) mass is 631 g/mol. The Morgan fingerprint density at radius 3 is 2.09 bits per heavy atom. The van der Waals surface area contributed by atoms with E-state index in [1.54, 1.807) is 41.5 Å². The van der Waals surface area contributed by atoms with Gasteiger partial charge in [-0.25, -0.2) is 13.8 Å². The summed E-state index contributed by atoms with van der Waals surface area (Å²) in [6.07, 6.45) is -6.65. The van der Waals surface area contributed by atoms with E-state index in [-0.39, 0.29) is 18.8 Å². The predicted molar refractivity (Wildman–Crippen MR) is 154 cm³/mol. The zero-order valence-corrected chi connectivity index (χ0v) is 25.9. The number of nitrogens with one attached hydrogen (secondary N) is 2. The van der Waals surface area contributed by atoms with Crippen LogP contribution in [0.25, 0.3) is 0 Å². The fourth-order valence-corrected chi connectivity index (χ4v) is 5.11. The third-order valence-corrected chi connectivity index (χ3v) is 7.55. The van der Waals surface area contributed by atoms with E-state index in [4.69, 9.17) is 19.0 Å². The van der Waals surface area contributed by atoms with Gasteiger partial charge in [0, 0.05) is 27.7 Å². The first-order chi connectivity index (χ1) is 19.6. The summed E-state index contributed by atoms with van der Waals surface area (Å²) in [5.74, 6) is -2.16. The summed E-state index contributed by atoms with van der Waals surface area (Å²) in [7, 11) is -3.79. The van der Waals surface area contributed by atoms with Crippen LogP contribution in [0.15, 0.2) is 48.7 Å². The van der Waals surface area contributed by atoms with Crippen LogP contribution >= 0.6 is 0 Å². The number of ether oxygens (including phenoxy) is 3. The van der Waals surface area contributed by atoms with Crippen molar-refractivity contribution in [3.05, 3.63) is 59.9 Å². The van der Waals surface area contributed by atoms with E-state index in [1.165, 1.54) is 6.07 Å². The first-order valence-corrected chi connectivity index (χ1v) is 15.4. The molecule has 3 atom stereocenters. The average Bonchev–Trinajstić information content (AvgIpc) is 2.86. The van der Waals surface area contributed by atoms with Gasteiger partial charge < -0.3 is 24.6 Å². The normalized spacial score (nSPS) is 15.9. The Morgan fingerprint density at radius 1 is 0.977 bits per heavy atom. The van der Waals surface area contributed by atoms with Crippen molar-refractivity contribution in [2.45, 2.75) is 90.0 Å². The number of alkyl halides is 3. The fraction of sp³-hybridized carbons (Fsp3) is 0.552. The molecule has 2 unspecified atom stereocenters. The van der Waals surface area contributed by atoms with E-state index in [1.807, 2.05) is 30.3 Å². The van der Waals surface area contributed by atoms with E-state index >= 15 is 0 Å². The number of pyridine rings is 1. The van der Waals surface area contributed by atoms with Crippen molar-refractivity contribution in [2.75, 3.05) is 11.5 Å². The SMILES string of the molecule is CC(C)(C)OC(=O)N[C@@H](CCS(=N)(=O)CCC(O)(c1ccc(OCc2ccccc2)cn1)C(F)(F)F)C(=O)OC(C)(C)C. The molecule has 0 radical (unpaired) electrons. The van der Waals surface area contributed by atoms with Crippen molar-refractivity contribution in [3.63, 3.8) is 0 Å². The van der Waals surface area contributed by atoms with Gasteiger partial charge in [0.1, 0.15) is 29.6 Å². The number of halogens is 3. The quantitative estimate of drug-likeness (QED) is 0.261. The molecule has 0 bridgehead atoms. The topological polar surface area (TPSA) is 148 Å². The lowest BCUT2D eigenvalue weighted by Crippen LogP contribution is -2.47. The number of alkyl carbamates (subject to hydrolysis) is 1. The maximum atomic E-state index is 14.1. The van der Waals surface area contributed by atoms with E-state index in [9.17, 15) is 32.1 Å². The smallest absolute Gasteiger partial charge is 0.423 e. The van der Waals surface area contributed by atoms with Gasteiger partial charge in [-0.3, -0.25) is 9.76 Å². The van der Waals surface area contributed by atoms with Gasteiger partial charge in [-0.15, -0.1) is 0 Å². The number of carbonyl (C=O) groups excluding carboxylic acids is 2. The highest BCUT2D eigenvalue weighted by Crippen LogP contribution is 2.41. The summed E-state index contributed by atoms with van der Waals surface area (Å²) < 4.78 is 79.5. The van der Waals surface area contributed by atoms with E-state index in [0.717, 1.165) is 17.8 Å². The van der Waals surface area contributed by atoms with Crippen LogP contribution in [0.3, 0.4) is 0 Å². The van der Waals surface area contributed by atoms with Crippen molar-refractivity contribution in [1.82, 2.24) is 10.3 Å². The van der Waals surface area contributed by atoms with Gasteiger partial charge in [-0.1, -0.05) is 30.3 Å². The van der Waals surface area contributed by atoms with Gasteiger partial charge in [0.2, 0.25) is 5.60 Å². The number of hydrogen-bond donors (Lipinski definition) is 3. The molecule has 0 fully saturated rings. The molecule has 0 spiro atoms. The molecule has 14 heteroatoms. The van der Waals surface area contributed by atoms with Gasteiger partial charge in [0.05, 0.1) is 11.9 Å². The highest BCUT2D eigenvalue weighted by atomic mass is 32.2. The number of aromatic nitrogens is 1. The average molecular weight is 632 g/mol. The Kier molecular flexibility index (Phi) is 11.6. The minimum absolute atomic E-state index is 0.152. The molecule has 1 aromatic carbocycles. The Morgan fingerprint density at radius 2 is 1.58 bits per heavy atom. The number of nitrogens with zero attached hydrogens (tertiary/aromatic N) is 1. The molecule has 10 nitrogen and oxygen atoms in total.